The molecule has 26 heavy (non-hydrogen) atoms. The number of nitrogens with one attached hydrogen (secondary N) is 1. The van der Waals surface area contributed by atoms with Gasteiger partial charge in [-0.05, 0) is 25.0 Å². The Hall–Kier alpha value is -3.03. The summed E-state index contributed by atoms with van der Waals surface area (Å²) in [6.45, 7) is 0.345. The molecule has 1 atom stereocenters. The SMILES string of the molecule is COC(=O)[C@@H]1CCc2cnc(NCc3ccc(OC)cc3OC)c(=O)n21. The third-order valence-corrected chi connectivity index (χ3v) is 4.47. The fourth-order valence-electron chi connectivity index (χ4n) is 3.10. The third-order valence-electron chi connectivity index (χ3n) is 4.47. The van der Waals surface area contributed by atoms with E-state index in [1.54, 1.807) is 26.5 Å². The molecule has 0 fully saturated rings. The summed E-state index contributed by atoms with van der Waals surface area (Å²) in [6.07, 6.45) is 2.78. The number of carbonyl (C=O) groups is 1. The van der Waals surface area contributed by atoms with E-state index < -0.39 is 12.0 Å². The maximum atomic E-state index is 12.7. The fraction of sp³-hybridized carbons (Fsp3) is 0.389. The largest absolute Gasteiger partial charge is 0.497 e. The summed E-state index contributed by atoms with van der Waals surface area (Å²) in [6, 6.07) is 4.84. The Balaban J connectivity index is 1.84. The van der Waals surface area contributed by atoms with E-state index in [9.17, 15) is 9.59 Å². The molecule has 0 aliphatic carbocycles. The molecule has 2 aromatic rings. The molecule has 0 amide bonds. The quantitative estimate of drug-likeness (QED) is 0.782. The summed E-state index contributed by atoms with van der Waals surface area (Å²) < 4.78 is 16.8. The van der Waals surface area contributed by atoms with Crippen LogP contribution in [0.1, 0.15) is 23.7 Å². The number of hydrogen-bond acceptors (Lipinski definition) is 7. The Morgan fingerprint density at radius 2 is 2.12 bits per heavy atom. The second-order valence-electron chi connectivity index (χ2n) is 5.88. The number of rotatable bonds is 6. The lowest BCUT2D eigenvalue weighted by molar-refractivity contribution is -0.144. The van der Waals surface area contributed by atoms with E-state index in [0.717, 1.165) is 11.3 Å². The number of aryl methyl sites for hydroxylation is 1. The number of anilines is 1. The first-order valence-electron chi connectivity index (χ1n) is 8.22. The predicted molar refractivity (Wildman–Crippen MR) is 94.7 cm³/mol. The zero-order valence-electron chi connectivity index (χ0n) is 14.9. The van der Waals surface area contributed by atoms with Crippen LogP contribution in [0, 0.1) is 0 Å². The Kier molecular flexibility index (Phi) is 5.11. The van der Waals surface area contributed by atoms with Crippen molar-refractivity contribution in [1.29, 1.82) is 0 Å². The second kappa shape index (κ2) is 7.47. The van der Waals surface area contributed by atoms with Crippen molar-refractivity contribution in [2.45, 2.75) is 25.4 Å². The van der Waals surface area contributed by atoms with Gasteiger partial charge in [-0.3, -0.25) is 9.36 Å². The maximum absolute atomic E-state index is 12.7. The lowest BCUT2D eigenvalue weighted by Gasteiger charge is -2.14. The number of ether oxygens (including phenoxy) is 3. The van der Waals surface area contributed by atoms with Gasteiger partial charge in [-0.2, -0.15) is 0 Å². The van der Waals surface area contributed by atoms with E-state index in [0.29, 0.717) is 30.9 Å². The van der Waals surface area contributed by atoms with Crippen molar-refractivity contribution in [3.05, 3.63) is 46.0 Å². The van der Waals surface area contributed by atoms with Gasteiger partial charge in [0.05, 0.1) is 21.3 Å². The topological polar surface area (TPSA) is 91.7 Å². The van der Waals surface area contributed by atoms with Crippen LogP contribution in [-0.4, -0.2) is 36.8 Å². The highest BCUT2D eigenvalue weighted by Crippen LogP contribution is 2.26. The molecule has 1 aliphatic heterocycles. The molecule has 0 spiro atoms. The molecule has 0 saturated carbocycles. The van der Waals surface area contributed by atoms with Crippen LogP contribution in [0.25, 0.3) is 0 Å². The second-order valence-corrected chi connectivity index (χ2v) is 5.88. The van der Waals surface area contributed by atoms with E-state index >= 15 is 0 Å². The smallest absolute Gasteiger partial charge is 0.328 e. The lowest BCUT2D eigenvalue weighted by Crippen LogP contribution is -2.31. The van der Waals surface area contributed by atoms with E-state index in [4.69, 9.17) is 14.2 Å². The highest BCUT2D eigenvalue weighted by atomic mass is 16.5. The number of esters is 1. The molecule has 0 bridgehead atoms. The van der Waals surface area contributed by atoms with Crippen LogP contribution in [0.4, 0.5) is 5.82 Å². The zero-order chi connectivity index (χ0) is 18.7. The van der Waals surface area contributed by atoms with Gasteiger partial charge in [0.25, 0.3) is 5.56 Å². The third kappa shape index (κ3) is 3.22. The van der Waals surface area contributed by atoms with Gasteiger partial charge in [-0.25, -0.2) is 9.78 Å². The molecule has 1 aromatic carbocycles. The highest BCUT2D eigenvalue weighted by molar-refractivity contribution is 5.74. The van der Waals surface area contributed by atoms with Crippen LogP contribution in [0.5, 0.6) is 11.5 Å². The van der Waals surface area contributed by atoms with Crippen LogP contribution in [-0.2, 0) is 22.5 Å². The van der Waals surface area contributed by atoms with Crippen molar-refractivity contribution in [1.82, 2.24) is 9.55 Å². The van der Waals surface area contributed by atoms with Gasteiger partial charge in [-0.1, -0.05) is 0 Å². The molecule has 0 radical (unpaired) electrons. The minimum Gasteiger partial charge on any atom is -0.497 e. The maximum Gasteiger partial charge on any atom is 0.328 e. The molecule has 0 saturated heterocycles. The van der Waals surface area contributed by atoms with Gasteiger partial charge in [0.2, 0.25) is 0 Å². The Bertz CT molecular complexity index is 878. The van der Waals surface area contributed by atoms with Gasteiger partial charge in [0, 0.05) is 30.1 Å². The molecule has 8 heteroatoms. The van der Waals surface area contributed by atoms with Crippen molar-refractivity contribution < 1.29 is 19.0 Å². The number of fused-ring (bicyclic) bond motifs is 1. The number of carbonyl (C=O) groups excluding carboxylic acids is 1. The fourth-order valence-corrected chi connectivity index (χ4v) is 3.10. The van der Waals surface area contributed by atoms with Gasteiger partial charge in [0.1, 0.15) is 17.5 Å². The number of benzene rings is 1. The van der Waals surface area contributed by atoms with Crippen LogP contribution < -0.4 is 20.3 Å². The Labute approximate surface area is 150 Å². The van der Waals surface area contributed by atoms with Crippen LogP contribution in [0.2, 0.25) is 0 Å². The van der Waals surface area contributed by atoms with E-state index in [-0.39, 0.29) is 11.4 Å². The minimum absolute atomic E-state index is 0.183. The predicted octanol–water partition coefficient (Wildman–Crippen LogP) is 1.53. The highest BCUT2D eigenvalue weighted by Gasteiger charge is 2.31. The number of nitrogens with zero attached hydrogens (tertiary/aromatic N) is 2. The summed E-state index contributed by atoms with van der Waals surface area (Å²) in [4.78, 5) is 28.9. The first kappa shape index (κ1) is 17.8. The van der Waals surface area contributed by atoms with Crippen molar-refractivity contribution in [3.63, 3.8) is 0 Å². The van der Waals surface area contributed by atoms with Gasteiger partial charge in [0.15, 0.2) is 5.82 Å². The number of methoxy groups -OCH3 is 3. The molecule has 3 rings (SSSR count). The van der Waals surface area contributed by atoms with Crippen molar-refractivity contribution in [3.8, 4) is 11.5 Å². The zero-order valence-corrected chi connectivity index (χ0v) is 14.9. The molecule has 1 aliphatic rings. The summed E-state index contributed by atoms with van der Waals surface area (Å²) >= 11 is 0. The Morgan fingerprint density at radius 1 is 1.31 bits per heavy atom. The number of hydrogen-bond donors (Lipinski definition) is 1. The molecular formula is C18H21N3O5. The molecule has 8 nitrogen and oxygen atoms in total. The molecule has 1 aromatic heterocycles. The monoisotopic (exact) mass is 359 g/mol. The van der Waals surface area contributed by atoms with Crippen LogP contribution in [0.15, 0.2) is 29.2 Å². The Morgan fingerprint density at radius 3 is 2.81 bits per heavy atom. The first-order valence-corrected chi connectivity index (χ1v) is 8.22. The molecule has 0 unspecified atom stereocenters. The van der Waals surface area contributed by atoms with E-state index in [1.807, 2.05) is 12.1 Å². The first-order chi connectivity index (χ1) is 12.6. The normalized spacial score (nSPS) is 15.3. The van der Waals surface area contributed by atoms with Crippen LogP contribution in [0.3, 0.4) is 0 Å². The van der Waals surface area contributed by atoms with E-state index in [1.165, 1.54) is 11.7 Å². The average Bonchev–Trinajstić information content (AvgIpc) is 3.11. The summed E-state index contributed by atoms with van der Waals surface area (Å²) in [7, 11) is 4.48. The van der Waals surface area contributed by atoms with Crippen LogP contribution >= 0.6 is 0 Å². The summed E-state index contributed by atoms with van der Waals surface area (Å²) in [5.74, 6) is 1.09. The molecule has 1 N–H and O–H groups in total. The van der Waals surface area contributed by atoms with E-state index in [2.05, 4.69) is 10.3 Å². The summed E-state index contributed by atoms with van der Waals surface area (Å²) in [5, 5.41) is 3.03. The average molecular weight is 359 g/mol. The minimum atomic E-state index is -0.596. The molecule has 138 valence electrons. The molecular weight excluding hydrogens is 338 g/mol. The molecule has 2 heterocycles. The van der Waals surface area contributed by atoms with Gasteiger partial charge < -0.3 is 19.5 Å². The van der Waals surface area contributed by atoms with Crippen molar-refractivity contribution in [2.24, 2.45) is 0 Å². The van der Waals surface area contributed by atoms with Crippen molar-refractivity contribution in [2.75, 3.05) is 26.6 Å². The lowest BCUT2D eigenvalue weighted by atomic mass is 10.2. The van der Waals surface area contributed by atoms with Crippen molar-refractivity contribution >= 4 is 11.8 Å². The number of aromatic nitrogens is 2. The van der Waals surface area contributed by atoms with Gasteiger partial charge >= 0.3 is 5.97 Å². The van der Waals surface area contributed by atoms with Gasteiger partial charge in [-0.15, -0.1) is 0 Å². The standard InChI is InChI=1S/C18H21N3O5/c1-24-13-6-4-11(15(8-13)25-2)9-19-16-17(22)21-12(10-20-16)5-7-14(21)18(23)26-3/h4,6,8,10,14H,5,7,9H2,1-3H3,(H,19,20)/t14-/m0/s1. The summed E-state index contributed by atoms with van der Waals surface area (Å²) in [5.41, 5.74) is 1.25.